The highest BCUT2D eigenvalue weighted by Gasteiger charge is 2.38. The Balaban J connectivity index is 1.61. The first-order chi connectivity index (χ1) is 19.0. The Morgan fingerprint density at radius 1 is 0.923 bits per heavy atom. The number of aromatic nitrogens is 2. The quantitative estimate of drug-likeness (QED) is 0.316. The van der Waals surface area contributed by atoms with Gasteiger partial charge in [-0.2, -0.15) is 5.10 Å². The molecule has 0 saturated carbocycles. The summed E-state index contributed by atoms with van der Waals surface area (Å²) < 4.78 is 1.88. The fraction of sp³-hybridized carbons (Fsp3) is 0.281. The third kappa shape index (κ3) is 4.99. The van der Waals surface area contributed by atoms with E-state index in [9.17, 15) is 9.59 Å². The number of fused-ring (bicyclic) bond motifs is 1. The molecule has 0 unspecified atom stereocenters. The summed E-state index contributed by atoms with van der Waals surface area (Å²) in [6, 6.07) is 26.8. The van der Waals surface area contributed by atoms with Crippen molar-refractivity contribution in [1.29, 1.82) is 0 Å². The number of carbonyl (C=O) groups is 2. The highest BCUT2D eigenvalue weighted by atomic mass is 32.2. The molecule has 0 N–H and O–H groups in total. The minimum Gasteiger partial charge on any atom is -0.341 e. The molecular formula is C32H32N4O2S. The summed E-state index contributed by atoms with van der Waals surface area (Å²) in [6.07, 6.45) is 2.02. The van der Waals surface area contributed by atoms with Gasteiger partial charge in [0.05, 0.1) is 22.4 Å². The Kier molecular flexibility index (Phi) is 7.00. The van der Waals surface area contributed by atoms with Gasteiger partial charge in [-0.05, 0) is 49.9 Å². The number of aryl methyl sites for hydroxylation is 2. The second kappa shape index (κ2) is 10.7. The molecule has 0 aliphatic carbocycles. The molecule has 1 saturated heterocycles. The van der Waals surface area contributed by atoms with E-state index in [-0.39, 0.29) is 29.4 Å². The van der Waals surface area contributed by atoms with Crippen molar-refractivity contribution in [3.63, 3.8) is 0 Å². The van der Waals surface area contributed by atoms with Crippen LogP contribution in [0.3, 0.4) is 0 Å². The maximum absolute atomic E-state index is 13.9. The average molecular weight is 537 g/mol. The Hall–Kier alpha value is -3.84. The number of likely N-dealkylation sites (tertiary alicyclic amines) is 1. The molecule has 3 aromatic carbocycles. The summed E-state index contributed by atoms with van der Waals surface area (Å²) in [5.41, 5.74) is 7.05. The summed E-state index contributed by atoms with van der Waals surface area (Å²) in [7, 11) is 0. The van der Waals surface area contributed by atoms with Crippen molar-refractivity contribution in [2.45, 2.75) is 31.9 Å². The van der Waals surface area contributed by atoms with Gasteiger partial charge in [0.15, 0.2) is 0 Å². The molecule has 0 radical (unpaired) electrons. The van der Waals surface area contributed by atoms with Crippen molar-refractivity contribution in [3.05, 3.63) is 101 Å². The lowest BCUT2D eigenvalue weighted by Crippen LogP contribution is -2.43. The summed E-state index contributed by atoms with van der Waals surface area (Å²) in [5.74, 6) is 0.887. The first-order valence-electron chi connectivity index (χ1n) is 13.5. The van der Waals surface area contributed by atoms with Gasteiger partial charge in [-0.15, -0.1) is 11.8 Å². The van der Waals surface area contributed by atoms with Crippen molar-refractivity contribution < 1.29 is 9.59 Å². The largest absolute Gasteiger partial charge is 0.341 e. The van der Waals surface area contributed by atoms with Crippen LogP contribution in [0, 0.1) is 13.8 Å². The van der Waals surface area contributed by atoms with Gasteiger partial charge in [0, 0.05) is 24.2 Å². The molecule has 1 fully saturated rings. The number of hydrogen-bond acceptors (Lipinski definition) is 4. The molecule has 7 heteroatoms. The van der Waals surface area contributed by atoms with Crippen LogP contribution >= 0.6 is 11.8 Å². The third-order valence-corrected chi connectivity index (χ3v) is 8.73. The zero-order valence-electron chi connectivity index (χ0n) is 22.3. The van der Waals surface area contributed by atoms with Gasteiger partial charge in [-0.1, -0.05) is 72.3 Å². The first-order valence-corrected chi connectivity index (χ1v) is 14.6. The lowest BCUT2D eigenvalue weighted by molar-refractivity contribution is -0.130. The summed E-state index contributed by atoms with van der Waals surface area (Å²) >= 11 is 1.61. The standard InChI is InChI=1S/C32H32N4O2S/c1-22-10-8-14-25(18-22)31-29-30(24-12-4-3-5-13-24)33-36(26-15-9-11-23(2)19-26)32(29)35(28(38)21-39-31)20-27(37)34-16-6-7-17-34/h3-5,8-15,18-19,31H,6-7,16-17,20-21H2,1-2H3/t31-/m0/s1. The van der Waals surface area contributed by atoms with Crippen LogP contribution in [-0.2, 0) is 9.59 Å². The highest BCUT2D eigenvalue weighted by Crippen LogP contribution is 2.48. The van der Waals surface area contributed by atoms with Crippen LogP contribution in [0.25, 0.3) is 16.9 Å². The van der Waals surface area contributed by atoms with Gasteiger partial charge in [-0.25, -0.2) is 4.68 Å². The number of nitrogens with zero attached hydrogens (tertiary/aromatic N) is 4. The van der Waals surface area contributed by atoms with Gasteiger partial charge in [0.1, 0.15) is 12.4 Å². The van der Waals surface area contributed by atoms with Crippen LogP contribution in [-0.4, -0.2) is 51.9 Å². The zero-order valence-corrected chi connectivity index (χ0v) is 23.2. The Morgan fingerprint density at radius 2 is 1.64 bits per heavy atom. The molecule has 3 heterocycles. The molecule has 2 aliphatic heterocycles. The number of anilines is 1. The molecule has 0 spiro atoms. The Morgan fingerprint density at radius 3 is 2.36 bits per heavy atom. The van der Waals surface area contributed by atoms with E-state index in [0.29, 0.717) is 5.82 Å². The van der Waals surface area contributed by atoms with E-state index in [4.69, 9.17) is 5.10 Å². The van der Waals surface area contributed by atoms with E-state index >= 15 is 0 Å². The number of amides is 2. The van der Waals surface area contributed by atoms with Crippen LogP contribution in [0.1, 0.15) is 40.3 Å². The third-order valence-electron chi connectivity index (χ3n) is 7.48. The van der Waals surface area contributed by atoms with Crippen molar-refractivity contribution >= 4 is 29.4 Å². The van der Waals surface area contributed by atoms with Gasteiger partial charge in [0.25, 0.3) is 0 Å². The van der Waals surface area contributed by atoms with E-state index < -0.39 is 0 Å². The molecule has 0 bridgehead atoms. The molecule has 1 atom stereocenters. The molecule has 6 rings (SSSR count). The molecule has 2 aliphatic rings. The molecule has 198 valence electrons. The topological polar surface area (TPSA) is 58.4 Å². The van der Waals surface area contributed by atoms with E-state index in [1.165, 1.54) is 5.56 Å². The van der Waals surface area contributed by atoms with Gasteiger partial charge < -0.3 is 4.90 Å². The summed E-state index contributed by atoms with van der Waals surface area (Å²) in [6.45, 7) is 5.65. The second-order valence-corrected chi connectivity index (χ2v) is 11.5. The first kappa shape index (κ1) is 25.4. The fourth-order valence-corrected chi connectivity index (χ4v) is 6.75. The van der Waals surface area contributed by atoms with Crippen molar-refractivity contribution in [2.75, 3.05) is 30.3 Å². The van der Waals surface area contributed by atoms with Crippen molar-refractivity contribution in [3.8, 4) is 16.9 Å². The van der Waals surface area contributed by atoms with Crippen molar-refractivity contribution in [2.24, 2.45) is 0 Å². The van der Waals surface area contributed by atoms with E-state index in [1.807, 2.05) is 39.9 Å². The molecular weight excluding hydrogens is 504 g/mol. The molecule has 1 aromatic heterocycles. The minimum absolute atomic E-state index is 0.0101. The smallest absolute Gasteiger partial charge is 0.242 e. The zero-order chi connectivity index (χ0) is 26.9. The van der Waals surface area contributed by atoms with Crippen molar-refractivity contribution in [1.82, 2.24) is 14.7 Å². The number of hydrogen-bond donors (Lipinski definition) is 0. The van der Waals surface area contributed by atoms with Gasteiger partial charge in [0.2, 0.25) is 11.8 Å². The number of carbonyl (C=O) groups excluding carboxylic acids is 2. The predicted octanol–water partition coefficient (Wildman–Crippen LogP) is 5.95. The lowest BCUT2D eigenvalue weighted by atomic mass is 9.98. The maximum atomic E-state index is 13.9. The SMILES string of the molecule is Cc1cccc([C@@H]2SCC(=O)N(CC(=O)N3CCCC3)c3c2c(-c2ccccc2)nn3-c2cccc(C)c2)c1. The van der Waals surface area contributed by atoms with Crippen LogP contribution < -0.4 is 4.90 Å². The molecule has 4 aromatic rings. The lowest BCUT2D eigenvalue weighted by Gasteiger charge is -2.25. The number of thioether (sulfide) groups is 1. The maximum Gasteiger partial charge on any atom is 0.242 e. The minimum atomic E-state index is -0.121. The van der Waals surface area contributed by atoms with Crippen LogP contribution in [0.5, 0.6) is 0 Å². The van der Waals surface area contributed by atoms with E-state index in [0.717, 1.165) is 59.6 Å². The highest BCUT2D eigenvalue weighted by molar-refractivity contribution is 8.00. The molecule has 2 amide bonds. The van der Waals surface area contributed by atoms with Crippen LogP contribution in [0.4, 0.5) is 5.82 Å². The Labute approximate surface area is 233 Å². The molecule has 39 heavy (non-hydrogen) atoms. The summed E-state index contributed by atoms with van der Waals surface area (Å²) in [4.78, 5) is 30.9. The normalized spacial score (nSPS) is 17.3. The van der Waals surface area contributed by atoms with Crippen LogP contribution in [0.2, 0.25) is 0 Å². The average Bonchev–Trinajstić information content (AvgIpc) is 3.59. The number of rotatable bonds is 5. The number of benzene rings is 3. The van der Waals surface area contributed by atoms with Crippen LogP contribution in [0.15, 0.2) is 78.9 Å². The van der Waals surface area contributed by atoms with E-state index in [1.54, 1.807) is 16.7 Å². The Bertz CT molecular complexity index is 1520. The predicted molar refractivity (Wildman–Crippen MR) is 157 cm³/mol. The van der Waals surface area contributed by atoms with E-state index in [2.05, 4.69) is 62.4 Å². The summed E-state index contributed by atoms with van der Waals surface area (Å²) in [5, 5.41) is 5.07. The fourth-order valence-electron chi connectivity index (χ4n) is 5.57. The monoisotopic (exact) mass is 536 g/mol. The second-order valence-electron chi connectivity index (χ2n) is 10.4. The molecule has 6 nitrogen and oxygen atoms in total. The van der Waals surface area contributed by atoms with Gasteiger partial charge in [-0.3, -0.25) is 14.5 Å². The van der Waals surface area contributed by atoms with Gasteiger partial charge >= 0.3 is 0 Å².